The van der Waals surface area contributed by atoms with Crippen LogP contribution < -0.4 is 15.8 Å². The molecule has 28 heavy (non-hydrogen) atoms. The van der Waals surface area contributed by atoms with Gasteiger partial charge in [0.05, 0.1) is 11.9 Å². The Labute approximate surface area is 161 Å². The number of nitrogens with one attached hydrogen (secondary N) is 1. The molecule has 1 aromatic carbocycles. The molecule has 0 aliphatic heterocycles. The molecule has 1 heterocycles. The predicted octanol–water partition coefficient (Wildman–Crippen LogP) is 1.97. The molecule has 10 heteroatoms. The largest absolute Gasteiger partial charge is 0.497 e. The quantitative estimate of drug-likeness (QED) is 0.639. The number of ether oxygens (including phenoxy) is 1. The monoisotopic (exact) mass is 416 g/mol. The van der Waals surface area contributed by atoms with Crippen molar-refractivity contribution in [1.29, 1.82) is 0 Å². The lowest BCUT2D eigenvalue weighted by Crippen LogP contribution is -2.44. The van der Waals surface area contributed by atoms with Crippen LogP contribution in [0.15, 0.2) is 35.3 Å². The molecule has 0 fully saturated rings. The van der Waals surface area contributed by atoms with Gasteiger partial charge in [-0.05, 0) is 25.5 Å². The van der Waals surface area contributed by atoms with Gasteiger partial charge in [0.1, 0.15) is 17.4 Å². The molecular formula is C18H22F2N2O5S. The van der Waals surface area contributed by atoms with E-state index in [9.17, 15) is 22.0 Å². The van der Waals surface area contributed by atoms with Gasteiger partial charge in [-0.15, -0.1) is 0 Å². The SMILES string of the molecule is COc1ccc(-c2cc(=O)n(CC[C@](C)(CNO)S(C)(=O)=O)cc2F)c(F)c1. The minimum absolute atomic E-state index is 0.0466. The highest BCUT2D eigenvalue weighted by Crippen LogP contribution is 2.27. The molecule has 0 spiro atoms. The maximum Gasteiger partial charge on any atom is 0.251 e. The van der Waals surface area contributed by atoms with Crippen LogP contribution in [-0.4, -0.2) is 42.8 Å². The lowest BCUT2D eigenvalue weighted by Gasteiger charge is -2.27. The third-order valence-corrected chi connectivity index (χ3v) is 6.91. The Morgan fingerprint density at radius 2 is 1.89 bits per heavy atom. The van der Waals surface area contributed by atoms with Crippen molar-refractivity contribution in [2.45, 2.75) is 24.6 Å². The minimum Gasteiger partial charge on any atom is -0.497 e. The topological polar surface area (TPSA) is 97.6 Å². The maximum atomic E-state index is 14.6. The molecule has 1 aromatic heterocycles. The fourth-order valence-electron chi connectivity index (χ4n) is 2.70. The molecule has 7 nitrogen and oxygen atoms in total. The van der Waals surface area contributed by atoms with Crippen LogP contribution in [0.4, 0.5) is 8.78 Å². The lowest BCUT2D eigenvalue weighted by molar-refractivity contribution is 0.153. The first-order chi connectivity index (χ1) is 13.0. The molecule has 2 rings (SSSR count). The van der Waals surface area contributed by atoms with Gasteiger partial charge in [0, 0.05) is 48.8 Å². The summed E-state index contributed by atoms with van der Waals surface area (Å²) < 4.78 is 57.3. The van der Waals surface area contributed by atoms with Gasteiger partial charge in [-0.1, -0.05) is 0 Å². The van der Waals surface area contributed by atoms with Gasteiger partial charge in [0.2, 0.25) is 0 Å². The van der Waals surface area contributed by atoms with Crippen LogP contribution >= 0.6 is 0 Å². The summed E-state index contributed by atoms with van der Waals surface area (Å²) in [5.41, 5.74) is 0.925. The van der Waals surface area contributed by atoms with Gasteiger partial charge < -0.3 is 14.5 Å². The van der Waals surface area contributed by atoms with Gasteiger partial charge in [-0.3, -0.25) is 4.79 Å². The molecule has 0 saturated heterocycles. The molecule has 0 aliphatic carbocycles. The molecule has 154 valence electrons. The van der Waals surface area contributed by atoms with Crippen molar-refractivity contribution >= 4 is 9.84 Å². The van der Waals surface area contributed by atoms with E-state index in [0.717, 1.165) is 29.2 Å². The van der Waals surface area contributed by atoms with Crippen LogP contribution in [0.3, 0.4) is 0 Å². The van der Waals surface area contributed by atoms with E-state index in [4.69, 9.17) is 9.94 Å². The van der Waals surface area contributed by atoms with E-state index in [2.05, 4.69) is 0 Å². The normalized spacial score (nSPS) is 13.9. The molecule has 0 radical (unpaired) electrons. The average Bonchev–Trinajstić information content (AvgIpc) is 2.61. The van der Waals surface area contributed by atoms with Crippen molar-refractivity contribution < 1.29 is 27.1 Å². The zero-order chi connectivity index (χ0) is 21.1. The fraction of sp³-hybridized carbons (Fsp3) is 0.389. The molecule has 1 atom stereocenters. The van der Waals surface area contributed by atoms with E-state index < -0.39 is 31.8 Å². The molecule has 0 saturated carbocycles. The number of hydrogen-bond donors (Lipinski definition) is 2. The number of pyridine rings is 1. The molecule has 0 amide bonds. The minimum atomic E-state index is -3.58. The zero-order valence-corrected chi connectivity index (χ0v) is 16.5. The van der Waals surface area contributed by atoms with E-state index in [0.29, 0.717) is 0 Å². The Balaban J connectivity index is 2.36. The molecule has 0 aliphatic rings. The number of halogens is 2. The summed E-state index contributed by atoms with van der Waals surface area (Å²) in [6.45, 7) is 1.05. The summed E-state index contributed by atoms with van der Waals surface area (Å²) in [6.07, 6.45) is 1.88. The highest BCUT2D eigenvalue weighted by atomic mass is 32.2. The average molecular weight is 416 g/mol. The Bertz CT molecular complexity index is 1020. The number of rotatable bonds is 8. The van der Waals surface area contributed by atoms with E-state index in [1.165, 1.54) is 26.2 Å². The first kappa shape index (κ1) is 22.0. The van der Waals surface area contributed by atoms with Crippen LogP contribution in [0.5, 0.6) is 5.75 Å². The van der Waals surface area contributed by atoms with Crippen LogP contribution in [0.2, 0.25) is 0 Å². The Hall–Kier alpha value is -2.30. The zero-order valence-electron chi connectivity index (χ0n) is 15.7. The Kier molecular flexibility index (Phi) is 6.58. The number of hydroxylamine groups is 1. The Morgan fingerprint density at radius 3 is 2.43 bits per heavy atom. The predicted molar refractivity (Wildman–Crippen MR) is 100 cm³/mol. The third kappa shape index (κ3) is 4.57. The summed E-state index contributed by atoms with van der Waals surface area (Å²) in [5, 5.41) is 8.90. The molecular weight excluding hydrogens is 394 g/mol. The van der Waals surface area contributed by atoms with Crippen molar-refractivity contribution in [1.82, 2.24) is 10.0 Å². The number of sulfone groups is 1. The molecule has 2 N–H and O–H groups in total. The number of aromatic nitrogens is 1. The smallest absolute Gasteiger partial charge is 0.251 e. The number of aryl methyl sites for hydroxylation is 1. The van der Waals surface area contributed by atoms with Gasteiger partial charge in [0.15, 0.2) is 9.84 Å². The van der Waals surface area contributed by atoms with E-state index in [1.54, 1.807) is 0 Å². The first-order valence-electron chi connectivity index (χ1n) is 8.33. The standard InChI is InChI=1S/C18H22F2N2O5S/c1-18(11-21-24,28(3,25)26)6-7-22-10-16(20)14(9-17(22)23)13-5-4-12(27-2)8-15(13)19/h4-5,8-10,21,24H,6-7,11H2,1-3H3/t18-/m1/s1. The summed E-state index contributed by atoms with van der Waals surface area (Å²) in [7, 11) is -2.21. The van der Waals surface area contributed by atoms with Crippen molar-refractivity contribution in [2.24, 2.45) is 0 Å². The van der Waals surface area contributed by atoms with Gasteiger partial charge in [-0.2, -0.15) is 0 Å². The number of benzene rings is 1. The van der Waals surface area contributed by atoms with E-state index in [1.807, 2.05) is 5.48 Å². The second kappa shape index (κ2) is 8.38. The van der Waals surface area contributed by atoms with Gasteiger partial charge in [0.25, 0.3) is 5.56 Å². The summed E-state index contributed by atoms with van der Waals surface area (Å²) in [4.78, 5) is 12.4. The van der Waals surface area contributed by atoms with Crippen molar-refractivity contribution in [3.05, 3.63) is 52.5 Å². The van der Waals surface area contributed by atoms with Crippen molar-refractivity contribution in [2.75, 3.05) is 19.9 Å². The second-order valence-electron chi connectivity index (χ2n) is 6.72. The van der Waals surface area contributed by atoms with Crippen molar-refractivity contribution in [3.8, 4) is 16.9 Å². The van der Waals surface area contributed by atoms with Gasteiger partial charge in [-0.25, -0.2) is 22.7 Å². The first-order valence-corrected chi connectivity index (χ1v) is 10.2. The van der Waals surface area contributed by atoms with Crippen LogP contribution in [0, 0.1) is 11.6 Å². The maximum absolute atomic E-state index is 14.6. The summed E-state index contributed by atoms with van der Waals surface area (Å²) >= 11 is 0. The molecule has 0 bridgehead atoms. The second-order valence-corrected chi connectivity index (χ2v) is 9.25. The number of hydrogen-bond acceptors (Lipinski definition) is 6. The summed E-state index contributed by atoms with van der Waals surface area (Å²) in [5.74, 6) is -1.31. The van der Waals surface area contributed by atoms with Crippen LogP contribution in [0.1, 0.15) is 13.3 Å². The number of nitrogens with zero attached hydrogens (tertiary/aromatic N) is 1. The van der Waals surface area contributed by atoms with E-state index in [-0.39, 0.29) is 36.4 Å². The lowest BCUT2D eigenvalue weighted by atomic mass is 10.0. The third-order valence-electron chi connectivity index (χ3n) is 4.77. The van der Waals surface area contributed by atoms with Crippen LogP contribution in [-0.2, 0) is 16.4 Å². The van der Waals surface area contributed by atoms with E-state index >= 15 is 0 Å². The Morgan fingerprint density at radius 1 is 1.21 bits per heavy atom. The van der Waals surface area contributed by atoms with Crippen LogP contribution in [0.25, 0.3) is 11.1 Å². The molecule has 0 unspecified atom stereocenters. The highest BCUT2D eigenvalue weighted by Gasteiger charge is 2.35. The highest BCUT2D eigenvalue weighted by molar-refractivity contribution is 7.92. The molecule has 2 aromatic rings. The van der Waals surface area contributed by atoms with Gasteiger partial charge >= 0.3 is 0 Å². The van der Waals surface area contributed by atoms with Crippen molar-refractivity contribution in [3.63, 3.8) is 0 Å². The summed E-state index contributed by atoms with van der Waals surface area (Å²) in [6, 6.07) is 4.80. The number of methoxy groups -OCH3 is 1. The fourth-order valence-corrected chi connectivity index (χ4v) is 3.49.